The normalized spacial score (nSPS) is 11.8. The number of nitrogens with zero attached hydrogens (tertiary/aromatic N) is 2. The Morgan fingerprint density at radius 3 is 2.91 bits per heavy atom. The number of aliphatic imine (C=N–C) groups is 1. The molecule has 58 valence electrons. The molecule has 0 unspecified atom stereocenters. The Bertz CT molecular complexity index is 269. The van der Waals surface area contributed by atoms with Crippen LogP contribution in [0.5, 0.6) is 0 Å². The molecule has 11 heavy (non-hydrogen) atoms. The maximum Gasteiger partial charge on any atom is 0.0270 e. The van der Waals surface area contributed by atoms with E-state index in [4.69, 9.17) is 0 Å². The third kappa shape index (κ3) is 2.42. The molecule has 1 aromatic rings. The highest BCUT2D eigenvalue weighted by atomic mass is 14.9. The van der Waals surface area contributed by atoms with E-state index in [0.29, 0.717) is 0 Å². The van der Waals surface area contributed by atoms with Crippen LogP contribution in [-0.2, 0) is 7.05 Å². The van der Waals surface area contributed by atoms with Gasteiger partial charge in [-0.15, -0.1) is 0 Å². The first kappa shape index (κ1) is 7.79. The van der Waals surface area contributed by atoms with Crippen LogP contribution in [0.15, 0.2) is 29.7 Å². The first-order valence-electron chi connectivity index (χ1n) is 3.59. The van der Waals surface area contributed by atoms with Crippen molar-refractivity contribution >= 4 is 12.3 Å². The Morgan fingerprint density at radius 2 is 2.36 bits per heavy atom. The van der Waals surface area contributed by atoms with E-state index in [-0.39, 0.29) is 0 Å². The summed E-state index contributed by atoms with van der Waals surface area (Å²) in [5.74, 6) is 0. The van der Waals surface area contributed by atoms with Gasteiger partial charge >= 0.3 is 0 Å². The van der Waals surface area contributed by atoms with Crippen LogP contribution in [0.25, 0.3) is 6.08 Å². The molecule has 0 atom stereocenters. The molecule has 0 aliphatic carbocycles. The summed E-state index contributed by atoms with van der Waals surface area (Å²) in [6, 6.07) is 2.04. The minimum atomic E-state index is 1.18. The summed E-state index contributed by atoms with van der Waals surface area (Å²) in [4.78, 5) is 3.96. The molecule has 1 heterocycles. The van der Waals surface area contributed by atoms with Crippen molar-refractivity contribution < 1.29 is 0 Å². The average molecular weight is 148 g/mol. The smallest absolute Gasteiger partial charge is 0.0270 e. The van der Waals surface area contributed by atoms with Crippen molar-refractivity contribution in [2.75, 3.05) is 0 Å². The fourth-order valence-corrected chi connectivity index (χ4v) is 0.839. The highest BCUT2D eigenvalue weighted by Gasteiger charge is 1.85. The lowest BCUT2D eigenvalue weighted by molar-refractivity contribution is 0.927. The zero-order valence-electron chi connectivity index (χ0n) is 6.86. The van der Waals surface area contributed by atoms with Crippen molar-refractivity contribution in [3.63, 3.8) is 0 Å². The van der Waals surface area contributed by atoms with E-state index >= 15 is 0 Å². The van der Waals surface area contributed by atoms with Crippen LogP contribution in [0.2, 0.25) is 0 Å². The Kier molecular flexibility index (Phi) is 2.66. The quantitative estimate of drug-likeness (QED) is 0.571. The van der Waals surface area contributed by atoms with Crippen LogP contribution < -0.4 is 0 Å². The lowest BCUT2D eigenvalue weighted by Gasteiger charge is -1.83. The van der Waals surface area contributed by atoms with Crippen LogP contribution >= 0.6 is 0 Å². The standard InChI is InChI=1S/C9H12N2/c1-3-10-6-4-9-5-7-11(2)8-9/h3-8H,1-2H3/b6-4-,10-3?. The molecular weight excluding hydrogens is 136 g/mol. The minimum Gasteiger partial charge on any atom is -0.357 e. The molecule has 0 radical (unpaired) electrons. The molecule has 0 spiro atoms. The van der Waals surface area contributed by atoms with Crippen LogP contribution in [-0.4, -0.2) is 10.8 Å². The van der Waals surface area contributed by atoms with Crippen molar-refractivity contribution in [3.8, 4) is 0 Å². The largest absolute Gasteiger partial charge is 0.357 e. The molecule has 2 nitrogen and oxygen atoms in total. The van der Waals surface area contributed by atoms with Crippen molar-refractivity contribution in [2.45, 2.75) is 6.92 Å². The van der Waals surface area contributed by atoms with E-state index in [0.717, 1.165) is 0 Å². The average Bonchev–Trinajstić information content (AvgIpc) is 2.37. The van der Waals surface area contributed by atoms with Gasteiger partial charge in [-0.3, -0.25) is 4.99 Å². The van der Waals surface area contributed by atoms with Crippen molar-refractivity contribution in [3.05, 3.63) is 30.2 Å². The molecule has 0 aromatic carbocycles. The molecule has 1 rings (SSSR count). The molecule has 1 aromatic heterocycles. The van der Waals surface area contributed by atoms with Gasteiger partial charge in [0.05, 0.1) is 0 Å². The van der Waals surface area contributed by atoms with E-state index in [9.17, 15) is 0 Å². The Morgan fingerprint density at radius 1 is 1.55 bits per heavy atom. The Hall–Kier alpha value is -1.31. The van der Waals surface area contributed by atoms with Crippen molar-refractivity contribution in [1.82, 2.24) is 4.57 Å². The number of aryl methyl sites for hydroxylation is 1. The topological polar surface area (TPSA) is 17.3 Å². The number of hydrogen-bond acceptors (Lipinski definition) is 1. The van der Waals surface area contributed by atoms with Crippen LogP contribution in [0.1, 0.15) is 12.5 Å². The lowest BCUT2D eigenvalue weighted by Crippen LogP contribution is -1.76. The van der Waals surface area contributed by atoms with Gasteiger partial charge in [-0.05, 0) is 24.6 Å². The second-order valence-electron chi connectivity index (χ2n) is 2.33. The minimum absolute atomic E-state index is 1.18. The van der Waals surface area contributed by atoms with Crippen molar-refractivity contribution in [1.29, 1.82) is 0 Å². The van der Waals surface area contributed by atoms with Crippen LogP contribution in [0.4, 0.5) is 0 Å². The maximum atomic E-state index is 3.96. The summed E-state index contributed by atoms with van der Waals surface area (Å²) in [5.41, 5.74) is 1.18. The van der Waals surface area contributed by atoms with Gasteiger partial charge in [0.15, 0.2) is 0 Å². The van der Waals surface area contributed by atoms with Crippen LogP contribution in [0.3, 0.4) is 0 Å². The predicted molar refractivity (Wildman–Crippen MR) is 48.6 cm³/mol. The van der Waals surface area contributed by atoms with E-state index in [1.54, 1.807) is 12.4 Å². The lowest BCUT2D eigenvalue weighted by atomic mass is 10.3. The van der Waals surface area contributed by atoms with Gasteiger partial charge in [0.2, 0.25) is 0 Å². The van der Waals surface area contributed by atoms with Gasteiger partial charge in [0.25, 0.3) is 0 Å². The summed E-state index contributed by atoms with van der Waals surface area (Å²) in [7, 11) is 2.00. The van der Waals surface area contributed by atoms with E-state index < -0.39 is 0 Å². The number of hydrogen-bond donors (Lipinski definition) is 0. The molecule has 0 bridgehead atoms. The maximum absolute atomic E-state index is 3.96. The van der Waals surface area contributed by atoms with E-state index in [1.807, 2.05) is 43.1 Å². The van der Waals surface area contributed by atoms with E-state index in [1.165, 1.54) is 5.56 Å². The Labute approximate surface area is 66.9 Å². The summed E-state index contributed by atoms with van der Waals surface area (Å²) in [6.45, 7) is 1.90. The zero-order valence-corrected chi connectivity index (χ0v) is 6.86. The molecule has 2 heteroatoms. The molecule has 0 saturated heterocycles. The summed E-state index contributed by atoms with van der Waals surface area (Å²) in [5, 5.41) is 0. The highest BCUT2D eigenvalue weighted by Crippen LogP contribution is 2.01. The van der Waals surface area contributed by atoms with E-state index in [2.05, 4.69) is 4.99 Å². The Balaban J connectivity index is 2.64. The first-order chi connectivity index (χ1) is 5.33. The molecule has 0 fully saturated rings. The molecule has 0 aliphatic rings. The highest BCUT2D eigenvalue weighted by molar-refractivity contribution is 5.57. The van der Waals surface area contributed by atoms with Gasteiger partial charge in [-0.2, -0.15) is 0 Å². The predicted octanol–water partition coefficient (Wildman–Crippen LogP) is 2.09. The molecule has 0 saturated carbocycles. The zero-order chi connectivity index (χ0) is 8.10. The third-order valence-corrected chi connectivity index (χ3v) is 1.36. The molecular formula is C9H12N2. The van der Waals surface area contributed by atoms with Gasteiger partial charge in [0, 0.05) is 31.9 Å². The number of aromatic nitrogens is 1. The molecule has 0 aliphatic heterocycles. The molecule has 0 N–H and O–H groups in total. The summed E-state index contributed by atoms with van der Waals surface area (Å²) < 4.78 is 2.01. The monoisotopic (exact) mass is 148 g/mol. The van der Waals surface area contributed by atoms with Gasteiger partial charge in [0.1, 0.15) is 0 Å². The SMILES string of the molecule is CC=N/C=C\c1ccn(C)c1. The third-order valence-electron chi connectivity index (χ3n) is 1.36. The number of rotatable bonds is 2. The van der Waals surface area contributed by atoms with Crippen LogP contribution in [0, 0.1) is 0 Å². The first-order valence-corrected chi connectivity index (χ1v) is 3.59. The van der Waals surface area contributed by atoms with Gasteiger partial charge in [-0.1, -0.05) is 0 Å². The summed E-state index contributed by atoms with van der Waals surface area (Å²) in [6.07, 6.45) is 9.58. The van der Waals surface area contributed by atoms with Crippen molar-refractivity contribution in [2.24, 2.45) is 12.0 Å². The second-order valence-corrected chi connectivity index (χ2v) is 2.33. The molecule has 0 amide bonds. The van der Waals surface area contributed by atoms with Gasteiger partial charge < -0.3 is 4.57 Å². The summed E-state index contributed by atoms with van der Waals surface area (Å²) >= 11 is 0. The fourth-order valence-electron chi connectivity index (χ4n) is 0.839. The van der Waals surface area contributed by atoms with Gasteiger partial charge in [-0.25, -0.2) is 0 Å². The second kappa shape index (κ2) is 3.76. The fraction of sp³-hybridized carbons (Fsp3) is 0.222.